The van der Waals surface area contributed by atoms with Gasteiger partial charge in [0.25, 0.3) is 0 Å². The Kier molecular flexibility index (Phi) is 4.69. The normalized spacial score (nSPS) is 11.3. The SMILES string of the molecule is CC=N/C=C\CC(C)=O. The number of hydrogen-bond acceptors (Lipinski definition) is 2. The minimum Gasteiger partial charge on any atom is -0.300 e. The number of carbonyl (C=O) groups excluding carboxylic acids is 1. The van der Waals surface area contributed by atoms with Crippen LogP contribution in [0.5, 0.6) is 0 Å². The molecular formula is C7H11NO. The summed E-state index contributed by atoms with van der Waals surface area (Å²) in [5.74, 6) is 0.164. The van der Waals surface area contributed by atoms with E-state index in [2.05, 4.69) is 4.99 Å². The van der Waals surface area contributed by atoms with Crippen LogP contribution in [0.2, 0.25) is 0 Å². The number of rotatable bonds is 3. The van der Waals surface area contributed by atoms with Gasteiger partial charge in [0.15, 0.2) is 0 Å². The fraction of sp³-hybridized carbons (Fsp3) is 0.429. The zero-order valence-electron chi connectivity index (χ0n) is 5.79. The van der Waals surface area contributed by atoms with Crippen LogP contribution in [0, 0.1) is 0 Å². The quantitative estimate of drug-likeness (QED) is 0.526. The van der Waals surface area contributed by atoms with Crippen molar-refractivity contribution >= 4 is 12.0 Å². The molecule has 2 heteroatoms. The van der Waals surface area contributed by atoms with Crippen LogP contribution in [0.4, 0.5) is 0 Å². The van der Waals surface area contributed by atoms with Gasteiger partial charge in [0.1, 0.15) is 5.78 Å². The second-order valence-corrected chi connectivity index (χ2v) is 1.70. The monoisotopic (exact) mass is 125 g/mol. The molecule has 0 radical (unpaired) electrons. The molecule has 0 fully saturated rings. The highest BCUT2D eigenvalue weighted by molar-refractivity contribution is 5.76. The van der Waals surface area contributed by atoms with E-state index in [0.29, 0.717) is 6.42 Å². The van der Waals surface area contributed by atoms with Gasteiger partial charge >= 0.3 is 0 Å². The first-order valence-electron chi connectivity index (χ1n) is 2.89. The van der Waals surface area contributed by atoms with Crippen LogP contribution in [0.1, 0.15) is 20.3 Å². The fourth-order valence-electron chi connectivity index (χ4n) is 0.366. The number of aliphatic imine (C=N–C) groups is 1. The third kappa shape index (κ3) is 7.08. The lowest BCUT2D eigenvalue weighted by Crippen LogP contribution is -1.83. The Morgan fingerprint density at radius 3 is 2.78 bits per heavy atom. The molecule has 0 aromatic carbocycles. The molecule has 0 aliphatic heterocycles. The van der Waals surface area contributed by atoms with E-state index in [1.807, 2.05) is 6.92 Å². The molecule has 0 rings (SSSR count). The van der Waals surface area contributed by atoms with E-state index < -0.39 is 0 Å². The summed E-state index contributed by atoms with van der Waals surface area (Å²) in [5.41, 5.74) is 0. The molecule has 0 amide bonds. The summed E-state index contributed by atoms with van der Waals surface area (Å²) in [6, 6.07) is 0. The van der Waals surface area contributed by atoms with Gasteiger partial charge in [-0.05, 0) is 13.8 Å². The molecule has 9 heavy (non-hydrogen) atoms. The van der Waals surface area contributed by atoms with E-state index in [9.17, 15) is 4.79 Å². The minimum absolute atomic E-state index is 0.164. The van der Waals surface area contributed by atoms with Crippen LogP contribution in [0.25, 0.3) is 0 Å². The first-order chi connectivity index (χ1) is 4.27. The van der Waals surface area contributed by atoms with Crippen LogP contribution in [-0.2, 0) is 4.79 Å². The third-order valence-corrected chi connectivity index (χ3v) is 0.746. The summed E-state index contributed by atoms with van der Waals surface area (Å²) in [6.07, 6.45) is 5.53. The van der Waals surface area contributed by atoms with E-state index in [1.54, 1.807) is 25.4 Å². The lowest BCUT2D eigenvalue weighted by atomic mass is 10.3. The fourth-order valence-corrected chi connectivity index (χ4v) is 0.366. The van der Waals surface area contributed by atoms with Crippen LogP contribution < -0.4 is 0 Å². The molecule has 2 nitrogen and oxygen atoms in total. The average molecular weight is 125 g/mol. The van der Waals surface area contributed by atoms with Crippen LogP contribution in [-0.4, -0.2) is 12.0 Å². The summed E-state index contributed by atoms with van der Waals surface area (Å²) in [7, 11) is 0. The third-order valence-electron chi connectivity index (χ3n) is 0.746. The van der Waals surface area contributed by atoms with E-state index in [-0.39, 0.29) is 5.78 Å². The van der Waals surface area contributed by atoms with Crippen molar-refractivity contribution in [2.75, 3.05) is 0 Å². The zero-order chi connectivity index (χ0) is 7.11. The van der Waals surface area contributed by atoms with Crippen molar-refractivity contribution in [1.29, 1.82) is 0 Å². The van der Waals surface area contributed by atoms with Crippen LogP contribution in [0.3, 0.4) is 0 Å². The van der Waals surface area contributed by atoms with Gasteiger partial charge in [-0.15, -0.1) is 0 Å². The molecule has 0 aromatic heterocycles. The number of hydrogen-bond donors (Lipinski definition) is 0. The molecule has 0 spiro atoms. The Bertz CT molecular complexity index is 136. The molecule has 0 saturated carbocycles. The van der Waals surface area contributed by atoms with Crippen molar-refractivity contribution in [2.24, 2.45) is 4.99 Å². The zero-order valence-corrected chi connectivity index (χ0v) is 5.79. The predicted molar refractivity (Wildman–Crippen MR) is 38.6 cm³/mol. The van der Waals surface area contributed by atoms with Crippen molar-refractivity contribution in [3.63, 3.8) is 0 Å². The van der Waals surface area contributed by atoms with Crippen molar-refractivity contribution < 1.29 is 4.79 Å². The van der Waals surface area contributed by atoms with Gasteiger partial charge in [-0.25, -0.2) is 0 Å². The standard InChI is InChI=1S/C7H11NO/c1-3-8-6-4-5-7(2)9/h3-4,6H,5H2,1-2H3/b6-4-,8-3?. The molecule has 0 atom stereocenters. The highest BCUT2D eigenvalue weighted by atomic mass is 16.1. The Morgan fingerprint density at radius 2 is 2.33 bits per heavy atom. The van der Waals surface area contributed by atoms with E-state index in [4.69, 9.17) is 0 Å². The van der Waals surface area contributed by atoms with Crippen molar-refractivity contribution in [3.8, 4) is 0 Å². The Hall–Kier alpha value is -0.920. The van der Waals surface area contributed by atoms with Crippen molar-refractivity contribution in [1.82, 2.24) is 0 Å². The number of nitrogens with zero attached hydrogens (tertiary/aromatic N) is 1. The largest absolute Gasteiger partial charge is 0.300 e. The molecular weight excluding hydrogens is 114 g/mol. The number of ketones is 1. The van der Waals surface area contributed by atoms with Gasteiger partial charge in [0.05, 0.1) is 0 Å². The highest BCUT2D eigenvalue weighted by Crippen LogP contribution is 1.83. The predicted octanol–water partition coefficient (Wildman–Crippen LogP) is 1.57. The van der Waals surface area contributed by atoms with Crippen LogP contribution in [0.15, 0.2) is 17.3 Å². The summed E-state index contributed by atoms with van der Waals surface area (Å²) < 4.78 is 0. The van der Waals surface area contributed by atoms with Crippen LogP contribution >= 0.6 is 0 Å². The maximum Gasteiger partial charge on any atom is 0.133 e. The topological polar surface area (TPSA) is 29.4 Å². The van der Waals surface area contributed by atoms with Crippen molar-refractivity contribution in [3.05, 3.63) is 12.3 Å². The van der Waals surface area contributed by atoms with Crippen molar-refractivity contribution in [2.45, 2.75) is 20.3 Å². The molecule has 0 saturated heterocycles. The molecule has 0 aromatic rings. The second kappa shape index (κ2) is 5.22. The molecule has 0 unspecified atom stereocenters. The second-order valence-electron chi connectivity index (χ2n) is 1.70. The molecule has 0 aliphatic carbocycles. The van der Waals surface area contributed by atoms with E-state index in [1.165, 1.54) is 0 Å². The van der Waals surface area contributed by atoms with Gasteiger partial charge in [-0.1, -0.05) is 6.08 Å². The average Bonchev–Trinajstić information content (AvgIpc) is 1.80. The smallest absolute Gasteiger partial charge is 0.133 e. The molecule has 0 N–H and O–H groups in total. The summed E-state index contributed by atoms with van der Waals surface area (Å²) in [6.45, 7) is 3.39. The molecule has 50 valence electrons. The maximum atomic E-state index is 10.3. The van der Waals surface area contributed by atoms with Gasteiger partial charge in [-0.3, -0.25) is 9.79 Å². The Balaban J connectivity index is 3.36. The first kappa shape index (κ1) is 8.08. The van der Waals surface area contributed by atoms with Gasteiger partial charge in [0.2, 0.25) is 0 Å². The summed E-state index contributed by atoms with van der Waals surface area (Å²) in [4.78, 5) is 14.1. The molecule has 0 heterocycles. The summed E-state index contributed by atoms with van der Waals surface area (Å²) >= 11 is 0. The minimum atomic E-state index is 0.164. The van der Waals surface area contributed by atoms with Gasteiger partial charge in [0, 0.05) is 18.8 Å². The number of allylic oxidation sites excluding steroid dienone is 1. The molecule has 0 aliphatic rings. The Labute approximate surface area is 55.3 Å². The van der Waals surface area contributed by atoms with Gasteiger partial charge < -0.3 is 0 Å². The lowest BCUT2D eigenvalue weighted by Gasteiger charge is -1.79. The maximum absolute atomic E-state index is 10.3. The highest BCUT2D eigenvalue weighted by Gasteiger charge is 1.82. The number of Topliss-reactive ketones (excluding diaryl/α,β-unsaturated/α-hetero) is 1. The lowest BCUT2D eigenvalue weighted by molar-refractivity contribution is -0.116. The number of carbonyl (C=O) groups is 1. The van der Waals surface area contributed by atoms with E-state index in [0.717, 1.165) is 0 Å². The van der Waals surface area contributed by atoms with E-state index >= 15 is 0 Å². The van der Waals surface area contributed by atoms with Gasteiger partial charge in [-0.2, -0.15) is 0 Å². The first-order valence-corrected chi connectivity index (χ1v) is 2.89. The molecule has 0 bridgehead atoms. The Morgan fingerprint density at radius 1 is 1.67 bits per heavy atom. The summed E-state index contributed by atoms with van der Waals surface area (Å²) in [5, 5.41) is 0.